The monoisotopic (exact) mass is 310 g/mol. The Kier molecular flexibility index (Phi) is 4.72. The minimum absolute atomic E-state index is 0.0138. The van der Waals surface area contributed by atoms with E-state index in [1.807, 2.05) is 24.1 Å². The lowest BCUT2D eigenvalue weighted by Gasteiger charge is -2.06. The number of nitrogens with two attached hydrogens (primary N) is 1. The SMILES string of the molecule is CSc1c(NCCc2nccn2C)sc(C(C)=O)c1N. The normalized spacial score (nSPS) is 10.8. The van der Waals surface area contributed by atoms with Crippen molar-refractivity contribution in [3.05, 3.63) is 23.1 Å². The molecule has 2 heterocycles. The maximum Gasteiger partial charge on any atom is 0.171 e. The molecule has 0 aliphatic rings. The van der Waals surface area contributed by atoms with Gasteiger partial charge in [-0.15, -0.1) is 23.1 Å². The molecule has 0 fully saturated rings. The number of hydrogen-bond acceptors (Lipinski definition) is 6. The number of carbonyl (C=O) groups is 1. The summed E-state index contributed by atoms with van der Waals surface area (Å²) < 4.78 is 2.00. The number of rotatable bonds is 6. The van der Waals surface area contributed by atoms with Gasteiger partial charge in [-0.25, -0.2) is 4.98 Å². The van der Waals surface area contributed by atoms with E-state index in [4.69, 9.17) is 5.73 Å². The van der Waals surface area contributed by atoms with Crippen molar-refractivity contribution in [1.29, 1.82) is 0 Å². The quantitative estimate of drug-likeness (QED) is 0.634. The third kappa shape index (κ3) is 2.99. The van der Waals surface area contributed by atoms with Crippen LogP contribution >= 0.6 is 23.1 Å². The number of carbonyl (C=O) groups excluding carboxylic acids is 1. The van der Waals surface area contributed by atoms with Crippen molar-refractivity contribution in [1.82, 2.24) is 9.55 Å². The lowest BCUT2D eigenvalue weighted by molar-refractivity contribution is 0.102. The molecule has 0 aliphatic heterocycles. The van der Waals surface area contributed by atoms with Gasteiger partial charge in [0.1, 0.15) is 10.8 Å². The standard InChI is InChI=1S/C13H18N4OS2/c1-8(18)11-10(14)12(19-3)13(20-11)16-5-4-9-15-6-7-17(9)2/h6-7,16H,4-5,14H2,1-3H3. The van der Waals surface area contributed by atoms with Crippen molar-refractivity contribution < 1.29 is 4.79 Å². The highest BCUT2D eigenvalue weighted by Gasteiger charge is 2.17. The number of hydrogen-bond donors (Lipinski definition) is 2. The third-order valence-corrected chi connectivity index (χ3v) is 5.20. The maximum absolute atomic E-state index is 11.5. The Hall–Kier alpha value is -1.47. The van der Waals surface area contributed by atoms with E-state index < -0.39 is 0 Å². The van der Waals surface area contributed by atoms with Gasteiger partial charge in [-0.3, -0.25) is 4.79 Å². The summed E-state index contributed by atoms with van der Waals surface area (Å²) in [5.41, 5.74) is 6.61. The molecule has 0 bridgehead atoms. The molecule has 3 N–H and O–H groups in total. The first-order chi connectivity index (χ1) is 9.54. The number of nitrogens with zero attached hydrogens (tertiary/aromatic N) is 2. The Morgan fingerprint density at radius 3 is 2.90 bits per heavy atom. The lowest BCUT2D eigenvalue weighted by atomic mass is 10.3. The van der Waals surface area contributed by atoms with Gasteiger partial charge in [-0.2, -0.15) is 0 Å². The van der Waals surface area contributed by atoms with Crippen LogP contribution in [-0.4, -0.2) is 28.1 Å². The zero-order chi connectivity index (χ0) is 14.7. The van der Waals surface area contributed by atoms with Crippen LogP contribution in [0.3, 0.4) is 0 Å². The molecule has 108 valence electrons. The van der Waals surface area contributed by atoms with Crippen LogP contribution in [0, 0.1) is 0 Å². The highest BCUT2D eigenvalue weighted by molar-refractivity contribution is 7.99. The molecule has 0 unspecified atom stereocenters. The number of aryl methyl sites for hydroxylation is 1. The Morgan fingerprint density at radius 2 is 2.35 bits per heavy atom. The number of anilines is 2. The van der Waals surface area contributed by atoms with Crippen LogP contribution in [0.4, 0.5) is 10.7 Å². The predicted molar refractivity (Wildman–Crippen MR) is 85.9 cm³/mol. The summed E-state index contributed by atoms with van der Waals surface area (Å²) in [6, 6.07) is 0. The Morgan fingerprint density at radius 1 is 1.60 bits per heavy atom. The molecule has 0 aromatic carbocycles. The van der Waals surface area contributed by atoms with Crippen molar-refractivity contribution >= 4 is 39.6 Å². The van der Waals surface area contributed by atoms with Crippen LogP contribution in [-0.2, 0) is 13.5 Å². The fourth-order valence-corrected chi connectivity index (χ4v) is 3.89. The van der Waals surface area contributed by atoms with Crippen molar-refractivity contribution in [3.8, 4) is 0 Å². The highest BCUT2D eigenvalue weighted by atomic mass is 32.2. The molecule has 2 aromatic heterocycles. The zero-order valence-corrected chi connectivity index (χ0v) is 13.4. The van der Waals surface area contributed by atoms with Gasteiger partial charge < -0.3 is 15.6 Å². The average Bonchev–Trinajstić information content (AvgIpc) is 2.94. The van der Waals surface area contributed by atoms with Crippen LogP contribution in [0.25, 0.3) is 0 Å². The van der Waals surface area contributed by atoms with E-state index in [2.05, 4.69) is 10.3 Å². The van der Waals surface area contributed by atoms with E-state index in [0.717, 1.165) is 28.7 Å². The number of nitrogens with one attached hydrogen (secondary N) is 1. The van der Waals surface area contributed by atoms with Crippen LogP contribution in [0.2, 0.25) is 0 Å². The molecule has 0 saturated carbocycles. The highest BCUT2D eigenvalue weighted by Crippen LogP contribution is 2.41. The van der Waals surface area contributed by atoms with E-state index in [-0.39, 0.29) is 5.78 Å². The third-order valence-electron chi connectivity index (χ3n) is 2.98. The molecular weight excluding hydrogens is 292 g/mol. The van der Waals surface area contributed by atoms with Crippen LogP contribution < -0.4 is 11.1 Å². The van der Waals surface area contributed by atoms with E-state index in [1.165, 1.54) is 11.3 Å². The van der Waals surface area contributed by atoms with E-state index in [9.17, 15) is 4.79 Å². The first-order valence-electron chi connectivity index (χ1n) is 6.21. The first-order valence-corrected chi connectivity index (χ1v) is 8.26. The zero-order valence-electron chi connectivity index (χ0n) is 11.8. The summed E-state index contributed by atoms with van der Waals surface area (Å²) in [4.78, 5) is 17.4. The van der Waals surface area contributed by atoms with Crippen molar-refractivity contribution in [3.63, 3.8) is 0 Å². The molecule has 0 radical (unpaired) electrons. The summed E-state index contributed by atoms with van der Waals surface area (Å²) >= 11 is 2.99. The second kappa shape index (κ2) is 6.32. The number of aromatic nitrogens is 2. The second-order valence-corrected chi connectivity index (χ2v) is 6.23. The van der Waals surface area contributed by atoms with Gasteiger partial charge >= 0.3 is 0 Å². The van der Waals surface area contributed by atoms with Crippen molar-refractivity contribution in [2.24, 2.45) is 7.05 Å². The van der Waals surface area contributed by atoms with Gasteiger partial charge in [-0.05, 0) is 6.26 Å². The predicted octanol–water partition coefficient (Wildman–Crippen LogP) is 2.64. The molecule has 0 amide bonds. The van der Waals surface area contributed by atoms with Gasteiger partial charge in [0.15, 0.2) is 5.78 Å². The van der Waals surface area contributed by atoms with Gasteiger partial charge in [0, 0.05) is 39.3 Å². The molecule has 0 atom stereocenters. The fraction of sp³-hybridized carbons (Fsp3) is 0.385. The molecule has 0 aliphatic carbocycles. The smallest absolute Gasteiger partial charge is 0.171 e. The van der Waals surface area contributed by atoms with E-state index in [0.29, 0.717) is 10.6 Å². The minimum Gasteiger partial charge on any atom is -0.396 e. The molecule has 20 heavy (non-hydrogen) atoms. The van der Waals surface area contributed by atoms with Crippen LogP contribution in [0.15, 0.2) is 17.3 Å². The summed E-state index contributed by atoms with van der Waals surface area (Å²) in [5, 5.41) is 4.32. The topological polar surface area (TPSA) is 72.9 Å². The van der Waals surface area contributed by atoms with Crippen molar-refractivity contribution in [2.75, 3.05) is 23.9 Å². The van der Waals surface area contributed by atoms with Gasteiger partial charge in [0.25, 0.3) is 0 Å². The van der Waals surface area contributed by atoms with Crippen LogP contribution in [0.5, 0.6) is 0 Å². The first kappa shape index (κ1) is 14.9. The number of thiophene rings is 1. The molecule has 5 nitrogen and oxygen atoms in total. The maximum atomic E-state index is 11.5. The average molecular weight is 310 g/mol. The largest absolute Gasteiger partial charge is 0.396 e. The number of Topliss-reactive ketones (excluding diaryl/α,β-unsaturated/α-hetero) is 1. The van der Waals surface area contributed by atoms with Gasteiger partial charge in [-0.1, -0.05) is 0 Å². The van der Waals surface area contributed by atoms with Crippen molar-refractivity contribution in [2.45, 2.75) is 18.2 Å². The van der Waals surface area contributed by atoms with Crippen LogP contribution in [0.1, 0.15) is 22.4 Å². The molecule has 0 saturated heterocycles. The molecular formula is C13H18N4OS2. The Balaban J connectivity index is 2.07. The summed E-state index contributed by atoms with van der Waals surface area (Å²) in [6.45, 7) is 2.31. The summed E-state index contributed by atoms with van der Waals surface area (Å²) in [7, 11) is 1.98. The molecule has 2 aromatic rings. The summed E-state index contributed by atoms with van der Waals surface area (Å²) in [5.74, 6) is 1.04. The second-order valence-electron chi connectivity index (χ2n) is 4.39. The van der Waals surface area contributed by atoms with Gasteiger partial charge in [0.05, 0.1) is 15.5 Å². The lowest BCUT2D eigenvalue weighted by Crippen LogP contribution is -2.08. The number of imidazole rings is 1. The number of nitrogen functional groups attached to an aromatic ring is 1. The molecule has 7 heteroatoms. The Bertz CT molecular complexity index is 618. The number of ketones is 1. The van der Waals surface area contributed by atoms with E-state index in [1.54, 1.807) is 24.9 Å². The minimum atomic E-state index is 0.0138. The van der Waals surface area contributed by atoms with Gasteiger partial charge in [0.2, 0.25) is 0 Å². The molecule has 2 rings (SSSR count). The summed E-state index contributed by atoms with van der Waals surface area (Å²) in [6.07, 6.45) is 6.51. The van der Waals surface area contributed by atoms with E-state index >= 15 is 0 Å². The molecule has 0 spiro atoms. The number of thioether (sulfide) groups is 1. The fourth-order valence-electron chi connectivity index (χ4n) is 1.93. The Labute approximate surface area is 126 Å².